The molecule has 0 aliphatic rings. The zero-order valence-electron chi connectivity index (χ0n) is 6.34. The fourth-order valence-electron chi connectivity index (χ4n) is 0.941. The molecule has 0 N–H and O–H groups in total. The van der Waals surface area contributed by atoms with Crippen molar-refractivity contribution in [1.29, 1.82) is 0 Å². The molecule has 64 valence electrons. The molecule has 3 heteroatoms. The molecule has 1 aromatic carbocycles. The van der Waals surface area contributed by atoms with Crippen LogP contribution in [0.2, 0.25) is 5.02 Å². The van der Waals surface area contributed by atoms with Crippen molar-refractivity contribution in [3.63, 3.8) is 0 Å². The van der Waals surface area contributed by atoms with E-state index in [9.17, 15) is 9.18 Å². The van der Waals surface area contributed by atoms with Crippen LogP contribution in [0.5, 0.6) is 0 Å². The highest BCUT2D eigenvalue weighted by atomic mass is 35.5. The molecule has 1 nitrogen and oxygen atoms in total. The van der Waals surface area contributed by atoms with Gasteiger partial charge in [0.15, 0.2) is 0 Å². The molecule has 1 unspecified atom stereocenters. The van der Waals surface area contributed by atoms with E-state index >= 15 is 0 Å². The van der Waals surface area contributed by atoms with E-state index in [0.29, 0.717) is 16.9 Å². The fraction of sp³-hybridized carbons (Fsp3) is 0.222. The van der Waals surface area contributed by atoms with Crippen LogP contribution in [0.15, 0.2) is 24.3 Å². The Balaban J connectivity index is 2.86. The number of hydrogen-bond acceptors (Lipinski definition) is 1. The van der Waals surface area contributed by atoms with E-state index in [4.69, 9.17) is 11.6 Å². The van der Waals surface area contributed by atoms with Crippen molar-refractivity contribution in [1.82, 2.24) is 0 Å². The molecule has 1 atom stereocenters. The van der Waals surface area contributed by atoms with Crippen LogP contribution >= 0.6 is 11.6 Å². The summed E-state index contributed by atoms with van der Waals surface area (Å²) in [6.07, 6.45) is -0.867. The maximum atomic E-state index is 13.1. The Bertz CT molecular complexity index is 275. The number of carbonyl (C=O) groups is 1. The molecular weight excluding hydrogens is 179 g/mol. The van der Waals surface area contributed by atoms with Gasteiger partial charge in [-0.1, -0.05) is 29.8 Å². The van der Waals surface area contributed by atoms with E-state index < -0.39 is 6.17 Å². The highest BCUT2D eigenvalue weighted by Crippen LogP contribution is 2.26. The normalized spacial score (nSPS) is 12.5. The molecule has 0 aliphatic carbocycles. The zero-order chi connectivity index (χ0) is 8.97. The summed E-state index contributed by atoms with van der Waals surface area (Å²) in [4.78, 5) is 10.0. The second kappa shape index (κ2) is 4.21. The van der Waals surface area contributed by atoms with Crippen LogP contribution in [-0.4, -0.2) is 6.29 Å². The number of halogens is 2. The summed E-state index contributed by atoms with van der Waals surface area (Å²) in [6, 6.07) is 6.60. The third-order valence-electron chi connectivity index (χ3n) is 1.55. The van der Waals surface area contributed by atoms with Crippen LogP contribution in [0.25, 0.3) is 0 Å². The first-order chi connectivity index (χ1) is 5.75. The minimum atomic E-state index is -1.28. The average molecular weight is 187 g/mol. The molecule has 0 fully saturated rings. The Kier molecular flexibility index (Phi) is 3.23. The van der Waals surface area contributed by atoms with Gasteiger partial charge in [-0.3, -0.25) is 0 Å². The lowest BCUT2D eigenvalue weighted by Crippen LogP contribution is -1.92. The van der Waals surface area contributed by atoms with Gasteiger partial charge in [0, 0.05) is 17.0 Å². The van der Waals surface area contributed by atoms with Crippen LogP contribution < -0.4 is 0 Å². The minimum absolute atomic E-state index is 0.135. The van der Waals surface area contributed by atoms with Crippen molar-refractivity contribution >= 4 is 17.9 Å². The van der Waals surface area contributed by atoms with Gasteiger partial charge in [-0.15, -0.1) is 0 Å². The zero-order valence-corrected chi connectivity index (χ0v) is 7.09. The van der Waals surface area contributed by atoms with E-state index in [2.05, 4.69) is 0 Å². The number of rotatable bonds is 3. The average Bonchev–Trinajstić information content (AvgIpc) is 2.05. The SMILES string of the molecule is O=CCC(F)c1ccccc1Cl. The minimum Gasteiger partial charge on any atom is -0.303 e. The van der Waals surface area contributed by atoms with Crippen LogP contribution in [0.1, 0.15) is 18.2 Å². The second-order valence-electron chi connectivity index (χ2n) is 2.39. The third-order valence-corrected chi connectivity index (χ3v) is 1.89. The molecule has 0 radical (unpaired) electrons. The van der Waals surface area contributed by atoms with Gasteiger partial charge in [-0.2, -0.15) is 0 Å². The topological polar surface area (TPSA) is 17.1 Å². The quantitative estimate of drug-likeness (QED) is 0.664. The van der Waals surface area contributed by atoms with Gasteiger partial charge in [-0.25, -0.2) is 4.39 Å². The standard InChI is InChI=1S/C9H8ClFO/c10-8-4-2-1-3-7(8)9(11)5-6-12/h1-4,6,9H,5H2. The molecule has 0 saturated heterocycles. The summed E-state index contributed by atoms with van der Waals surface area (Å²) in [5.41, 5.74) is 0.381. The first kappa shape index (κ1) is 9.20. The monoisotopic (exact) mass is 186 g/mol. The summed E-state index contributed by atoms with van der Waals surface area (Å²) in [5, 5.41) is 0.367. The summed E-state index contributed by atoms with van der Waals surface area (Å²) < 4.78 is 13.1. The van der Waals surface area contributed by atoms with Crippen LogP contribution in [-0.2, 0) is 4.79 Å². The van der Waals surface area contributed by atoms with Crippen molar-refractivity contribution in [3.05, 3.63) is 34.9 Å². The van der Waals surface area contributed by atoms with E-state index in [1.54, 1.807) is 24.3 Å². The summed E-state index contributed by atoms with van der Waals surface area (Å²) in [7, 11) is 0. The number of benzene rings is 1. The van der Waals surface area contributed by atoms with E-state index in [1.807, 2.05) is 0 Å². The largest absolute Gasteiger partial charge is 0.303 e. The van der Waals surface area contributed by atoms with E-state index in [1.165, 1.54) is 0 Å². The highest BCUT2D eigenvalue weighted by molar-refractivity contribution is 6.31. The van der Waals surface area contributed by atoms with Gasteiger partial charge in [0.05, 0.1) is 0 Å². The number of hydrogen-bond donors (Lipinski definition) is 0. The molecule has 12 heavy (non-hydrogen) atoms. The first-order valence-electron chi connectivity index (χ1n) is 3.58. The molecule has 1 aromatic rings. The summed E-state index contributed by atoms with van der Waals surface area (Å²) in [5.74, 6) is 0. The molecule has 0 amide bonds. The van der Waals surface area contributed by atoms with Gasteiger partial charge in [0.25, 0.3) is 0 Å². The molecule has 1 rings (SSSR count). The van der Waals surface area contributed by atoms with Crippen molar-refractivity contribution < 1.29 is 9.18 Å². The summed E-state index contributed by atoms with van der Waals surface area (Å²) in [6.45, 7) is 0. The van der Waals surface area contributed by atoms with Crippen LogP contribution in [0.3, 0.4) is 0 Å². The first-order valence-corrected chi connectivity index (χ1v) is 3.95. The van der Waals surface area contributed by atoms with Crippen molar-refractivity contribution in [2.75, 3.05) is 0 Å². The predicted molar refractivity (Wildman–Crippen MR) is 46.0 cm³/mol. The maximum Gasteiger partial charge on any atom is 0.133 e. The Morgan fingerprint density at radius 2 is 2.17 bits per heavy atom. The predicted octanol–water partition coefficient (Wildman–Crippen LogP) is 2.94. The smallest absolute Gasteiger partial charge is 0.133 e. The van der Waals surface area contributed by atoms with Gasteiger partial charge < -0.3 is 4.79 Å². The van der Waals surface area contributed by atoms with E-state index in [0.717, 1.165) is 0 Å². The van der Waals surface area contributed by atoms with Crippen molar-refractivity contribution in [2.45, 2.75) is 12.6 Å². The highest BCUT2D eigenvalue weighted by Gasteiger charge is 2.11. The van der Waals surface area contributed by atoms with E-state index in [-0.39, 0.29) is 6.42 Å². The molecule has 0 aromatic heterocycles. The molecule has 0 bridgehead atoms. The number of alkyl halides is 1. The Morgan fingerprint density at radius 1 is 1.50 bits per heavy atom. The fourth-order valence-corrected chi connectivity index (χ4v) is 1.19. The Hall–Kier alpha value is -0.890. The van der Waals surface area contributed by atoms with Crippen molar-refractivity contribution in [3.8, 4) is 0 Å². The summed E-state index contributed by atoms with van der Waals surface area (Å²) >= 11 is 5.70. The molecule has 0 spiro atoms. The Labute approximate surface area is 75.2 Å². The van der Waals surface area contributed by atoms with Gasteiger partial charge in [-0.05, 0) is 6.07 Å². The molecule has 0 aliphatic heterocycles. The van der Waals surface area contributed by atoms with Crippen LogP contribution in [0, 0.1) is 0 Å². The lowest BCUT2D eigenvalue weighted by atomic mass is 10.1. The van der Waals surface area contributed by atoms with Crippen molar-refractivity contribution in [2.24, 2.45) is 0 Å². The Morgan fingerprint density at radius 3 is 2.75 bits per heavy atom. The maximum absolute atomic E-state index is 13.1. The lowest BCUT2D eigenvalue weighted by Gasteiger charge is -2.05. The number of carbonyl (C=O) groups excluding carboxylic acids is 1. The third kappa shape index (κ3) is 2.05. The van der Waals surface area contributed by atoms with Gasteiger partial charge in [0.1, 0.15) is 12.5 Å². The van der Waals surface area contributed by atoms with Crippen LogP contribution in [0.4, 0.5) is 4.39 Å². The molecular formula is C9H8ClFO. The number of aldehydes is 1. The lowest BCUT2D eigenvalue weighted by molar-refractivity contribution is -0.108. The molecule has 0 saturated carbocycles. The van der Waals surface area contributed by atoms with Gasteiger partial charge >= 0.3 is 0 Å². The van der Waals surface area contributed by atoms with Gasteiger partial charge in [0.2, 0.25) is 0 Å². The molecule has 0 heterocycles. The second-order valence-corrected chi connectivity index (χ2v) is 2.80.